The number of fused-ring (bicyclic) bond motifs is 1. The molecule has 0 bridgehead atoms. The van der Waals surface area contributed by atoms with Crippen molar-refractivity contribution in [3.63, 3.8) is 0 Å². The van der Waals surface area contributed by atoms with E-state index < -0.39 is 0 Å². The van der Waals surface area contributed by atoms with Crippen LogP contribution in [0.1, 0.15) is 17.0 Å². The molecule has 17 heavy (non-hydrogen) atoms. The van der Waals surface area contributed by atoms with Crippen LogP contribution in [-0.2, 0) is 6.54 Å². The molecule has 1 aromatic carbocycles. The van der Waals surface area contributed by atoms with E-state index in [1.807, 2.05) is 42.8 Å². The first kappa shape index (κ1) is 10.0. The third-order valence-corrected chi connectivity index (χ3v) is 3.01. The summed E-state index contributed by atoms with van der Waals surface area (Å²) in [6.45, 7) is 4.72. The number of para-hydroxylation sites is 1. The number of hydrogen-bond donors (Lipinski definition) is 1. The summed E-state index contributed by atoms with van der Waals surface area (Å²) in [6, 6.07) is 7.96. The normalized spacial score (nSPS) is 11.2. The lowest BCUT2D eigenvalue weighted by Crippen LogP contribution is -2.03. The molecule has 0 radical (unpaired) electrons. The van der Waals surface area contributed by atoms with Crippen LogP contribution in [0.5, 0.6) is 0 Å². The highest BCUT2D eigenvalue weighted by atomic mass is 15.4. The van der Waals surface area contributed by atoms with Crippen LogP contribution >= 0.6 is 0 Å². The Balaban J connectivity index is 2.06. The van der Waals surface area contributed by atoms with E-state index in [9.17, 15) is 0 Å². The number of aromatic amines is 1. The van der Waals surface area contributed by atoms with Crippen molar-refractivity contribution >= 4 is 11.0 Å². The van der Waals surface area contributed by atoms with Crippen molar-refractivity contribution in [2.45, 2.75) is 20.4 Å². The van der Waals surface area contributed by atoms with Crippen molar-refractivity contribution in [2.75, 3.05) is 0 Å². The van der Waals surface area contributed by atoms with Gasteiger partial charge in [-0.1, -0.05) is 17.3 Å². The Labute approximate surface area is 98.5 Å². The van der Waals surface area contributed by atoms with Crippen LogP contribution < -0.4 is 0 Å². The molecule has 0 aliphatic heterocycles. The molecule has 86 valence electrons. The summed E-state index contributed by atoms with van der Waals surface area (Å²) < 4.78 is 1.90. The highest BCUT2D eigenvalue weighted by Crippen LogP contribution is 2.15. The van der Waals surface area contributed by atoms with Gasteiger partial charge in [-0.25, -0.2) is 4.68 Å². The number of rotatable bonds is 2. The van der Waals surface area contributed by atoms with E-state index in [2.05, 4.69) is 20.5 Å². The monoisotopic (exact) mass is 227 g/mol. The Hall–Kier alpha value is -2.17. The number of H-pyrrole nitrogens is 1. The molecule has 0 spiro atoms. The van der Waals surface area contributed by atoms with Gasteiger partial charge in [-0.2, -0.15) is 5.10 Å². The minimum absolute atomic E-state index is 0.703. The van der Waals surface area contributed by atoms with E-state index in [4.69, 9.17) is 0 Å². The van der Waals surface area contributed by atoms with Gasteiger partial charge in [0.25, 0.3) is 0 Å². The maximum atomic E-state index is 4.19. The Morgan fingerprint density at radius 3 is 2.82 bits per heavy atom. The molecule has 0 aliphatic rings. The fourth-order valence-corrected chi connectivity index (χ4v) is 1.99. The average molecular weight is 227 g/mol. The highest BCUT2D eigenvalue weighted by Gasteiger charge is 2.10. The average Bonchev–Trinajstić information content (AvgIpc) is 2.88. The maximum Gasteiger partial charge on any atom is 0.113 e. The summed E-state index contributed by atoms with van der Waals surface area (Å²) in [5.74, 6) is 0. The second-order valence-corrected chi connectivity index (χ2v) is 4.15. The SMILES string of the molecule is Cc1n[nH]c(C)c1Cn1nnc2ccccc21. The van der Waals surface area contributed by atoms with Gasteiger partial charge in [0.05, 0.1) is 17.8 Å². The summed E-state index contributed by atoms with van der Waals surface area (Å²) in [5.41, 5.74) is 5.25. The number of aryl methyl sites for hydroxylation is 2. The smallest absolute Gasteiger partial charge is 0.113 e. The summed E-state index contributed by atoms with van der Waals surface area (Å²) in [4.78, 5) is 0. The predicted octanol–water partition coefficient (Wildman–Crippen LogP) is 1.82. The largest absolute Gasteiger partial charge is 0.282 e. The van der Waals surface area contributed by atoms with Gasteiger partial charge in [-0.15, -0.1) is 5.10 Å². The summed E-state index contributed by atoms with van der Waals surface area (Å²) in [5, 5.41) is 15.5. The van der Waals surface area contributed by atoms with Crippen LogP contribution in [0.4, 0.5) is 0 Å². The second kappa shape index (κ2) is 3.69. The first-order valence-corrected chi connectivity index (χ1v) is 5.54. The summed E-state index contributed by atoms with van der Waals surface area (Å²) in [6.07, 6.45) is 0. The standard InChI is InChI=1S/C12H13N5/c1-8-10(9(2)14-13-8)7-17-12-6-4-3-5-11(12)15-16-17/h3-6H,7H2,1-2H3,(H,13,14). The molecule has 0 unspecified atom stereocenters. The molecule has 0 fully saturated rings. The van der Waals surface area contributed by atoms with Gasteiger partial charge in [0, 0.05) is 11.3 Å². The van der Waals surface area contributed by atoms with Crippen LogP contribution in [0, 0.1) is 13.8 Å². The minimum Gasteiger partial charge on any atom is -0.282 e. The predicted molar refractivity (Wildman–Crippen MR) is 64.7 cm³/mol. The zero-order valence-electron chi connectivity index (χ0n) is 9.81. The zero-order chi connectivity index (χ0) is 11.8. The fraction of sp³-hybridized carbons (Fsp3) is 0.250. The second-order valence-electron chi connectivity index (χ2n) is 4.15. The van der Waals surface area contributed by atoms with Crippen molar-refractivity contribution in [3.8, 4) is 0 Å². The Morgan fingerprint density at radius 1 is 1.24 bits per heavy atom. The highest BCUT2D eigenvalue weighted by molar-refractivity contribution is 5.73. The van der Waals surface area contributed by atoms with Gasteiger partial charge >= 0.3 is 0 Å². The number of benzene rings is 1. The van der Waals surface area contributed by atoms with E-state index in [-0.39, 0.29) is 0 Å². The number of aromatic nitrogens is 5. The molecule has 5 nitrogen and oxygen atoms in total. The Kier molecular flexibility index (Phi) is 2.18. The molecule has 5 heteroatoms. The molecule has 2 aromatic heterocycles. The van der Waals surface area contributed by atoms with Crippen molar-refractivity contribution < 1.29 is 0 Å². The van der Waals surface area contributed by atoms with Gasteiger partial charge in [-0.3, -0.25) is 5.10 Å². The van der Waals surface area contributed by atoms with Crippen LogP contribution in [-0.4, -0.2) is 25.2 Å². The zero-order valence-corrected chi connectivity index (χ0v) is 9.81. The van der Waals surface area contributed by atoms with E-state index >= 15 is 0 Å². The third kappa shape index (κ3) is 1.60. The lowest BCUT2D eigenvalue weighted by Gasteiger charge is -2.02. The van der Waals surface area contributed by atoms with Crippen molar-refractivity contribution in [1.29, 1.82) is 0 Å². The Bertz CT molecular complexity index is 645. The number of nitrogens with one attached hydrogen (secondary N) is 1. The topological polar surface area (TPSA) is 59.4 Å². The molecule has 0 atom stereocenters. The quantitative estimate of drug-likeness (QED) is 0.726. The van der Waals surface area contributed by atoms with E-state index in [0.29, 0.717) is 6.54 Å². The van der Waals surface area contributed by atoms with Gasteiger partial charge < -0.3 is 0 Å². The number of hydrogen-bond acceptors (Lipinski definition) is 3. The maximum absolute atomic E-state index is 4.19. The van der Waals surface area contributed by atoms with Gasteiger partial charge in [0.1, 0.15) is 5.52 Å². The minimum atomic E-state index is 0.703. The molecule has 1 N–H and O–H groups in total. The van der Waals surface area contributed by atoms with E-state index in [1.165, 1.54) is 5.56 Å². The van der Waals surface area contributed by atoms with Crippen LogP contribution in [0.25, 0.3) is 11.0 Å². The first-order valence-electron chi connectivity index (χ1n) is 5.54. The number of nitrogens with zero attached hydrogens (tertiary/aromatic N) is 4. The van der Waals surface area contributed by atoms with Gasteiger partial charge in [0.15, 0.2) is 0 Å². The molecule has 3 aromatic rings. The molecule has 2 heterocycles. The first-order chi connectivity index (χ1) is 8.25. The molecular weight excluding hydrogens is 214 g/mol. The molecule has 0 aliphatic carbocycles. The Morgan fingerprint density at radius 2 is 2.06 bits per heavy atom. The van der Waals surface area contributed by atoms with Gasteiger partial charge in [-0.05, 0) is 26.0 Å². The van der Waals surface area contributed by atoms with Crippen molar-refractivity contribution in [2.24, 2.45) is 0 Å². The molecule has 0 saturated carbocycles. The molecular formula is C12H13N5. The fourth-order valence-electron chi connectivity index (χ4n) is 1.99. The molecule has 0 amide bonds. The van der Waals surface area contributed by atoms with Crippen molar-refractivity contribution in [1.82, 2.24) is 25.2 Å². The van der Waals surface area contributed by atoms with Gasteiger partial charge in [0.2, 0.25) is 0 Å². The van der Waals surface area contributed by atoms with E-state index in [0.717, 1.165) is 22.4 Å². The van der Waals surface area contributed by atoms with Crippen LogP contribution in [0.15, 0.2) is 24.3 Å². The van der Waals surface area contributed by atoms with E-state index in [1.54, 1.807) is 0 Å². The lowest BCUT2D eigenvalue weighted by atomic mass is 10.2. The van der Waals surface area contributed by atoms with Crippen LogP contribution in [0.3, 0.4) is 0 Å². The van der Waals surface area contributed by atoms with Crippen molar-refractivity contribution in [3.05, 3.63) is 41.2 Å². The van der Waals surface area contributed by atoms with Crippen LogP contribution in [0.2, 0.25) is 0 Å². The third-order valence-electron chi connectivity index (χ3n) is 3.01. The molecule has 3 rings (SSSR count). The lowest BCUT2D eigenvalue weighted by molar-refractivity contribution is 0.665. The molecule has 0 saturated heterocycles. The summed E-state index contributed by atoms with van der Waals surface area (Å²) in [7, 11) is 0. The summed E-state index contributed by atoms with van der Waals surface area (Å²) >= 11 is 0.